The van der Waals surface area contributed by atoms with Crippen molar-refractivity contribution in [1.82, 2.24) is 9.80 Å². The number of carboxylic acid groups (broad SMARTS) is 2. The van der Waals surface area contributed by atoms with Gasteiger partial charge in [0.2, 0.25) is 5.91 Å². The molecule has 7 nitrogen and oxygen atoms in total. The molecule has 7 heteroatoms. The third-order valence-corrected chi connectivity index (χ3v) is 3.13. The monoisotopic (exact) mass is 272 g/mol. The third-order valence-electron chi connectivity index (χ3n) is 3.13. The summed E-state index contributed by atoms with van der Waals surface area (Å²) in [6.45, 7) is 2.60. The summed E-state index contributed by atoms with van der Waals surface area (Å²) < 4.78 is 0. The average molecular weight is 272 g/mol. The van der Waals surface area contributed by atoms with Gasteiger partial charge in [0.15, 0.2) is 0 Å². The minimum absolute atomic E-state index is 0.0378. The number of amides is 1. The lowest BCUT2D eigenvalue weighted by atomic mass is 10.1. The topological polar surface area (TPSA) is 98.2 Å². The van der Waals surface area contributed by atoms with Gasteiger partial charge >= 0.3 is 11.9 Å². The van der Waals surface area contributed by atoms with E-state index < -0.39 is 17.9 Å². The van der Waals surface area contributed by atoms with E-state index in [-0.39, 0.29) is 25.5 Å². The fourth-order valence-electron chi connectivity index (χ4n) is 2.10. The molecule has 19 heavy (non-hydrogen) atoms. The second-order valence-electron chi connectivity index (χ2n) is 4.89. The highest BCUT2D eigenvalue weighted by Gasteiger charge is 2.24. The molecule has 1 rings (SSSR count). The van der Waals surface area contributed by atoms with E-state index in [1.54, 1.807) is 4.90 Å². The molecule has 1 saturated heterocycles. The first-order valence-corrected chi connectivity index (χ1v) is 6.35. The predicted octanol–water partition coefficient (Wildman–Crippen LogP) is -0.284. The molecule has 1 unspecified atom stereocenters. The van der Waals surface area contributed by atoms with Gasteiger partial charge in [0, 0.05) is 19.6 Å². The average Bonchev–Trinajstić information content (AvgIpc) is 2.80. The van der Waals surface area contributed by atoms with Crippen LogP contribution in [0.15, 0.2) is 0 Å². The summed E-state index contributed by atoms with van der Waals surface area (Å²) in [6.07, 6.45) is 1.94. The van der Waals surface area contributed by atoms with Crippen molar-refractivity contribution in [3.63, 3.8) is 0 Å². The van der Waals surface area contributed by atoms with Gasteiger partial charge in [-0.15, -0.1) is 0 Å². The molecule has 1 aliphatic rings. The first kappa shape index (κ1) is 15.4. The molecule has 1 heterocycles. The highest BCUT2D eigenvalue weighted by molar-refractivity contribution is 5.79. The maximum absolute atomic E-state index is 11.9. The van der Waals surface area contributed by atoms with Crippen molar-refractivity contribution in [2.75, 3.05) is 32.7 Å². The van der Waals surface area contributed by atoms with Crippen molar-refractivity contribution in [2.45, 2.75) is 19.8 Å². The van der Waals surface area contributed by atoms with Crippen molar-refractivity contribution < 1.29 is 24.6 Å². The van der Waals surface area contributed by atoms with Crippen LogP contribution < -0.4 is 0 Å². The summed E-state index contributed by atoms with van der Waals surface area (Å²) in [7, 11) is 0. The summed E-state index contributed by atoms with van der Waals surface area (Å²) in [4.78, 5) is 36.5. The van der Waals surface area contributed by atoms with Crippen molar-refractivity contribution >= 4 is 17.8 Å². The Kier molecular flexibility index (Phi) is 5.75. The number of carbonyl (C=O) groups excluding carboxylic acids is 1. The molecule has 0 radical (unpaired) electrons. The highest BCUT2D eigenvalue weighted by atomic mass is 16.4. The molecule has 1 atom stereocenters. The molecule has 1 aliphatic heterocycles. The normalized spacial score (nSPS) is 16.6. The molecular weight excluding hydrogens is 252 g/mol. The van der Waals surface area contributed by atoms with E-state index in [4.69, 9.17) is 10.2 Å². The quantitative estimate of drug-likeness (QED) is 0.661. The van der Waals surface area contributed by atoms with Crippen molar-refractivity contribution in [2.24, 2.45) is 5.92 Å². The SMILES string of the molecule is CC(CN(CC(=O)O)CC(=O)N1CCCC1)C(=O)O. The maximum atomic E-state index is 11.9. The smallest absolute Gasteiger partial charge is 0.317 e. The third kappa shape index (κ3) is 5.25. The minimum Gasteiger partial charge on any atom is -0.481 e. The van der Waals surface area contributed by atoms with E-state index in [2.05, 4.69) is 0 Å². The fraction of sp³-hybridized carbons (Fsp3) is 0.750. The van der Waals surface area contributed by atoms with Crippen LogP contribution in [0.1, 0.15) is 19.8 Å². The Morgan fingerprint density at radius 2 is 1.74 bits per heavy atom. The van der Waals surface area contributed by atoms with Gasteiger partial charge in [0.25, 0.3) is 0 Å². The van der Waals surface area contributed by atoms with Crippen LogP contribution in [-0.2, 0) is 14.4 Å². The van der Waals surface area contributed by atoms with Gasteiger partial charge < -0.3 is 15.1 Å². The van der Waals surface area contributed by atoms with Crippen LogP contribution in [0.3, 0.4) is 0 Å². The molecule has 0 saturated carbocycles. The van der Waals surface area contributed by atoms with Gasteiger partial charge in [-0.2, -0.15) is 0 Å². The Labute approximate surface area is 111 Å². The van der Waals surface area contributed by atoms with E-state index in [0.717, 1.165) is 12.8 Å². The van der Waals surface area contributed by atoms with Crippen LogP contribution in [0.25, 0.3) is 0 Å². The van der Waals surface area contributed by atoms with Crippen LogP contribution in [0.2, 0.25) is 0 Å². The second kappa shape index (κ2) is 7.08. The van der Waals surface area contributed by atoms with Crippen LogP contribution in [-0.4, -0.2) is 70.6 Å². The van der Waals surface area contributed by atoms with Gasteiger partial charge in [-0.1, -0.05) is 6.92 Å². The first-order chi connectivity index (χ1) is 8.90. The van der Waals surface area contributed by atoms with E-state index in [1.807, 2.05) is 0 Å². The summed E-state index contributed by atoms with van der Waals surface area (Å²) in [5.41, 5.74) is 0. The van der Waals surface area contributed by atoms with Gasteiger partial charge in [-0.25, -0.2) is 0 Å². The number of carbonyl (C=O) groups is 3. The number of aliphatic carboxylic acids is 2. The summed E-state index contributed by atoms with van der Waals surface area (Å²) in [5, 5.41) is 17.6. The first-order valence-electron chi connectivity index (χ1n) is 6.35. The molecular formula is C12H20N2O5. The van der Waals surface area contributed by atoms with Gasteiger partial charge in [-0.3, -0.25) is 19.3 Å². The Balaban J connectivity index is 2.55. The van der Waals surface area contributed by atoms with Crippen molar-refractivity contribution in [3.8, 4) is 0 Å². The molecule has 0 aromatic carbocycles. The largest absolute Gasteiger partial charge is 0.481 e. The Morgan fingerprint density at radius 1 is 1.16 bits per heavy atom. The van der Waals surface area contributed by atoms with E-state index in [0.29, 0.717) is 13.1 Å². The number of nitrogens with zero attached hydrogens (tertiary/aromatic N) is 2. The van der Waals surface area contributed by atoms with E-state index in [9.17, 15) is 14.4 Å². The zero-order valence-electron chi connectivity index (χ0n) is 11.0. The molecule has 108 valence electrons. The zero-order valence-corrected chi connectivity index (χ0v) is 11.0. The summed E-state index contributed by atoms with van der Waals surface area (Å²) in [6, 6.07) is 0. The lowest BCUT2D eigenvalue weighted by Crippen LogP contribution is -2.43. The fourth-order valence-corrected chi connectivity index (χ4v) is 2.10. The molecule has 0 aromatic heterocycles. The number of carboxylic acids is 2. The number of rotatable bonds is 7. The Bertz CT molecular complexity index is 352. The van der Waals surface area contributed by atoms with Crippen molar-refractivity contribution in [1.29, 1.82) is 0 Å². The minimum atomic E-state index is -1.06. The second-order valence-corrected chi connectivity index (χ2v) is 4.89. The summed E-state index contributed by atoms with van der Waals surface area (Å²) >= 11 is 0. The van der Waals surface area contributed by atoms with Crippen LogP contribution >= 0.6 is 0 Å². The summed E-state index contributed by atoms with van der Waals surface area (Å²) in [5.74, 6) is -2.89. The van der Waals surface area contributed by atoms with Gasteiger partial charge in [0.05, 0.1) is 19.0 Å². The number of likely N-dealkylation sites (tertiary alicyclic amines) is 1. The Hall–Kier alpha value is -1.63. The lowest BCUT2D eigenvalue weighted by Gasteiger charge is -2.24. The molecule has 0 aromatic rings. The highest BCUT2D eigenvalue weighted by Crippen LogP contribution is 2.09. The lowest BCUT2D eigenvalue weighted by molar-refractivity contribution is -0.145. The molecule has 0 spiro atoms. The van der Waals surface area contributed by atoms with Crippen molar-refractivity contribution in [3.05, 3.63) is 0 Å². The Morgan fingerprint density at radius 3 is 2.21 bits per heavy atom. The number of hydrogen-bond donors (Lipinski definition) is 2. The van der Waals surface area contributed by atoms with Crippen LogP contribution in [0.5, 0.6) is 0 Å². The van der Waals surface area contributed by atoms with Gasteiger partial charge in [0.1, 0.15) is 0 Å². The van der Waals surface area contributed by atoms with Crippen LogP contribution in [0, 0.1) is 5.92 Å². The number of hydrogen-bond acceptors (Lipinski definition) is 4. The predicted molar refractivity (Wildman–Crippen MR) is 66.7 cm³/mol. The van der Waals surface area contributed by atoms with E-state index >= 15 is 0 Å². The molecule has 2 N–H and O–H groups in total. The molecule has 1 amide bonds. The zero-order chi connectivity index (χ0) is 14.4. The molecule has 0 aliphatic carbocycles. The standard InChI is InChI=1S/C12H20N2O5/c1-9(12(18)19)6-13(8-11(16)17)7-10(15)14-4-2-3-5-14/h9H,2-8H2,1H3,(H,16,17)(H,18,19). The van der Waals surface area contributed by atoms with E-state index in [1.165, 1.54) is 11.8 Å². The van der Waals surface area contributed by atoms with Crippen LogP contribution in [0.4, 0.5) is 0 Å². The molecule has 0 bridgehead atoms. The molecule has 1 fully saturated rings. The van der Waals surface area contributed by atoms with Gasteiger partial charge in [-0.05, 0) is 12.8 Å². The maximum Gasteiger partial charge on any atom is 0.317 e.